The molecular weight excluding hydrogens is 416 g/mol. The van der Waals surface area contributed by atoms with Crippen molar-refractivity contribution in [3.05, 3.63) is 52.2 Å². The summed E-state index contributed by atoms with van der Waals surface area (Å²) in [7, 11) is 1.67. The zero-order valence-electron chi connectivity index (χ0n) is 20.4. The van der Waals surface area contributed by atoms with Crippen molar-refractivity contribution in [3.8, 4) is 5.75 Å². The number of nitrogens with zero attached hydrogens (tertiary/aromatic N) is 2. The fourth-order valence-corrected chi connectivity index (χ4v) is 3.60. The second-order valence-electron chi connectivity index (χ2n) is 8.08. The van der Waals surface area contributed by atoms with Crippen LogP contribution in [0, 0.1) is 0 Å². The Hall–Kier alpha value is -2.77. The molecule has 7 nitrogen and oxygen atoms in total. The van der Waals surface area contributed by atoms with E-state index in [0.717, 1.165) is 71.9 Å². The maximum Gasteiger partial charge on any atom is 0.152 e. The average molecular weight is 457 g/mol. The SMILES string of the molecule is C=c1ccn(Cc2ccc(COCCO)cc2OC)/c1=C(/N=C(/N)CCC)NCCCCC. The largest absolute Gasteiger partial charge is 0.496 e. The third kappa shape index (κ3) is 8.26. The number of ether oxygens (including phenoxy) is 2. The van der Waals surface area contributed by atoms with Gasteiger partial charge in [0.25, 0.3) is 0 Å². The highest BCUT2D eigenvalue weighted by Gasteiger charge is 2.10. The highest BCUT2D eigenvalue weighted by atomic mass is 16.5. The number of hydrogen-bond acceptors (Lipinski definition) is 5. The summed E-state index contributed by atoms with van der Waals surface area (Å²) in [5, 5.41) is 14.2. The van der Waals surface area contributed by atoms with E-state index in [1.54, 1.807) is 7.11 Å². The highest BCUT2D eigenvalue weighted by Crippen LogP contribution is 2.21. The normalized spacial score (nSPS) is 12.7. The summed E-state index contributed by atoms with van der Waals surface area (Å²) >= 11 is 0. The zero-order valence-corrected chi connectivity index (χ0v) is 20.4. The van der Waals surface area contributed by atoms with Crippen LogP contribution in [-0.4, -0.2) is 42.4 Å². The van der Waals surface area contributed by atoms with E-state index in [1.807, 2.05) is 30.5 Å². The molecule has 0 saturated carbocycles. The molecule has 33 heavy (non-hydrogen) atoms. The van der Waals surface area contributed by atoms with Crippen LogP contribution in [-0.2, 0) is 17.9 Å². The number of benzene rings is 1. The van der Waals surface area contributed by atoms with Crippen molar-refractivity contribution in [1.82, 2.24) is 9.88 Å². The van der Waals surface area contributed by atoms with Gasteiger partial charge in [0.05, 0.1) is 38.8 Å². The van der Waals surface area contributed by atoms with Gasteiger partial charge in [0.2, 0.25) is 0 Å². The lowest BCUT2D eigenvalue weighted by Crippen LogP contribution is -2.36. The Morgan fingerprint density at radius 3 is 2.73 bits per heavy atom. The Labute approximate surface area is 197 Å². The van der Waals surface area contributed by atoms with Crippen LogP contribution in [0.4, 0.5) is 0 Å². The molecule has 0 spiro atoms. The number of aromatic nitrogens is 1. The Balaban J connectivity index is 2.41. The number of aliphatic hydroxyl groups excluding tert-OH is 1. The average Bonchev–Trinajstić information content (AvgIpc) is 3.16. The van der Waals surface area contributed by atoms with E-state index in [-0.39, 0.29) is 6.61 Å². The molecular formula is C26H40N4O3. The van der Waals surface area contributed by atoms with E-state index in [9.17, 15) is 0 Å². The van der Waals surface area contributed by atoms with Crippen molar-refractivity contribution in [3.63, 3.8) is 0 Å². The van der Waals surface area contributed by atoms with E-state index >= 15 is 0 Å². The number of aliphatic imine (C=N–C) groups is 1. The summed E-state index contributed by atoms with van der Waals surface area (Å²) in [6.07, 6.45) is 7.12. The number of nitrogens with one attached hydrogen (secondary N) is 1. The molecule has 1 aromatic heterocycles. The first-order valence-electron chi connectivity index (χ1n) is 11.8. The maximum atomic E-state index is 8.91. The Morgan fingerprint density at radius 2 is 2.03 bits per heavy atom. The summed E-state index contributed by atoms with van der Waals surface area (Å²) in [6, 6.07) is 8.05. The van der Waals surface area contributed by atoms with Gasteiger partial charge in [-0.25, -0.2) is 4.99 Å². The van der Waals surface area contributed by atoms with Gasteiger partial charge in [-0.3, -0.25) is 0 Å². The van der Waals surface area contributed by atoms with Crippen molar-refractivity contribution in [2.75, 3.05) is 26.9 Å². The van der Waals surface area contributed by atoms with Gasteiger partial charge in [0, 0.05) is 24.7 Å². The summed E-state index contributed by atoms with van der Waals surface area (Å²) in [6.45, 7) is 10.7. The first kappa shape index (κ1) is 26.5. The Kier molecular flexibility index (Phi) is 11.6. The number of hydrogen-bond donors (Lipinski definition) is 3. The fraction of sp³-hybridized carbons (Fsp3) is 0.500. The van der Waals surface area contributed by atoms with E-state index in [0.29, 0.717) is 25.6 Å². The molecule has 0 amide bonds. The van der Waals surface area contributed by atoms with Crippen LogP contribution in [0.25, 0.3) is 12.4 Å². The van der Waals surface area contributed by atoms with E-state index in [2.05, 4.69) is 30.3 Å². The van der Waals surface area contributed by atoms with Gasteiger partial charge in [-0.1, -0.05) is 45.4 Å². The predicted octanol–water partition coefficient (Wildman–Crippen LogP) is 2.47. The molecule has 0 unspecified atom stereocenters. The van der Waals surface area contributed by atoms with Crippen molar-refractivity contribution >= 4 is 18.2 Å². The summed E-state index contributed by atoms with van der Waals surface area (Å²) in [5.41, 5.74) is 8.23. The van der Waals surface area contributed by atoms with Gasteiger partial charge in [-0.15, -0.1) is 0 Å². The first-order valence-corrected chi connectivity index (χ1v) is 11.8. The second kappa shape index (κ2) is 14.4. The molecule has 4 N–H and O–H groups in total. The second-order valence-corrected chi connectivity index (χ2v) is 8.08. The minimum atomic E-state index is 0.00950. The lowest BCUT2D eigenvalue weighted by atomic mass is 10.1. The Morgan fingerprint density at radius 1 is 1.21 bits per heavy atom. The molecule has 0 aliphatic rings. The molecule has 0 saturated heterocycles. The summed E-state index contributed by atoms with van der Waals surface area (Å²) in [4.78, 5) is 4.74. The topological polar surface area (TPSA) is 94.0 Å². The molecule has 0 fully saturated rings. The molecule has 7 heteroatoms. The van der Waals surface area contributed by atoms with Gasteiger partial charge in [-0.05, 0) is 35.8 Å². The smallest absolute Gasteiger partial charge is 0.152 e. The van der Waals surface area contributed by atoms with Crippen LogP contribution >= 0.6 is 0 Å². The minimum Gasteiger partial charge on any atom is -0.496 e. The molecule has 0 aliphatic carbocycles. The molecule has 2 rings (SSSR count). The number of methoxy groups -OCH3 is 1. The van der Waals surface area contributed by atoms with Crippen LogP contribution in [0.15, 0.2) is 35.5 Å². The van der Waals surface area contributed by atoms with Crippen LogP contribution in [0.3, 0.4) is 0 Å². The number of amidine groups is 1. The van der Waals surface area contributed by atoms with Gasteiger partial charge in [0.1, 0.15) is 11.6 Å². The van der Waals surface area contributed by atoms with Crippen LogP contribution in [0.5, 0.6) is 5.75 Å². The molecule has 0 atom stereocenters. The molecule has 0 aliphatic heterocycles. The van der Waals surface area contributed by atoms with Crippen molar-refractivity contribution in [1.29, 1.82) is 0 Å². The number of aliphatic hydroxyl groups is 1. The molecule has 0 bridgehead atoms. The quantitative estimate of drug-likeness (QED) is 0.217. The number of nitrogens with two attached hydrogens (primary N) is 1. The van der Waals surface area contributed by atoms with Gasteiger partial charge >= 0.3 is 0 Å². The van der Waals surface area contributed by atoms with Crippen LogP contribution in [0.1, 0.15) is 57.1 Å². The van der Waals surface area contributed by atoms with E-state index in [4.69, 9.17) is 25.3 Å². The van der Waals surface area contributed by atoms with Gasteiger partial charge in [-0.2, -0.15) is 0 Å². The Bertz CT molecular complexity index is 997. The highest BCUT2D eigenvalue weighted by molar-refractivity contribution is 5.83. The third-order valence-electron chi connectivity index (χ3n) is 5.30. The van der Waals surface area contributed by atoms with Crippen molar-refractivity contribution < 1.29 is 14.6 Å². The fourth-order valence-electron chi connectivity index (χ4n) is 3.60. The molecule has 182 valence electrons. The van der Waals surface area contributed by atoms with Crippen molar-refractivity contribution in [2.45, 2.75) is 59.1 Å². The molecule has 1 heterocycles. The zero-order chi connectivity index (χ0) is 24.1. The van der Waals surface area contributed by atoms with Crippen LogP contribution < -0.4 is 26.4 Å². The van der Waals surface area contributed by atoms with Gasteiger partial charge in [0.15, 0.2) is 5.82 Å². The number of rotatable bonds is 15. The maximum absolute atomic E-state index is 8.91. The number of unbranched alkanes of at least 4 members (excludes halogenated alkanes) is 2. The predicted molar refractivity (Wildman–Crippen MR) is 136 cm³/mol. The standard InChI is InChI=1S/C26H40N4O3/c1-5-7-8-13-28-26(29-24(27)9-6-2)25-20(3)12-14-30(25)18-22-11-10-21(17-23(22)32-4)19-33-16-15-31/h10-12,14,17,28,31H,3,5-9,13,15-16,18-19H2,1-2,4H3,(H2,27,29)/b26-25+. The van der Waals surface area contributed by atoms with Crippen molar-refractivity contribution in [2.24, 2.45) is 10.7 Å². The van der Waals surface area contributed by atoms with E-state index in [1.165, 1.54) is 0 Å². The molecule has 0 radical (unpaired) electrons. The summed E-state index contributed by atoms with van der Waals surface area (Å²) in [5.74, 6) is 2.17. The van der Waals surface area contributed by atoms with E-state index < -0.39 is 0 Å². The third-order valence-corrected chi connectivity index (χ3v) is 5.30. The first-order chi connectivity index (χ1) is 16.0. The van der Waals surface area contributed by atoms with Gasteiger partial charge < -0.3 is 30.2 Å². The lowest BCUT2D eigenvalue weighted by Gasteiger charge is -2.14. The monoisotopic (exact) mass is 456 g/mol. The molecule has 1 aromatic carbocycles. The molecule has 2 aromatic rings. The lowest BCUT2D eigenvalue weighted by molar-refractivity contribution is 0.0814. The summed E-state index contributed by atoms with van der Waals surface area (Å²) < 4.78 is 13.2. The minimum absolute atomic E-state index is 0.00950. The van der Waals surface area contributed by atoms with Crippen LogP contribution in [0.2, 0.25) is 0 Å².